The van der Waals surface area contributed by atoms with Crippen molar-refractivity contribution in [3.8, 4) is 11.5 Å². The highest BCUT2D eigenvalue weighted by Crippen LogP contribution is 2.28. The fraction of sp³-hybridized carbons (Fsp3) is 0.429. The van der Waals surface area contributed by atoms with Gasteiger partial charge in [-0.3, -0.25) is 4.90 Å². The lowest BCUT2D eigenvalue weighted by molar-refractivity contribution is 0.0659. The van der Waals surface area contributed by atoms with Crippen LogP contribution in [-0.2, 0) is 6.54 Å². The van der Waals surface area contributed by atoms with Crippen molar-refractivity contribution in [3.63, 3.8) is 0 Å². The van der Waals surface area contributed by atoms with E-state index >= 15 is 0 Å². The summed E-state index contributed by atoms with van der Waals surface area (Å²) in [6.45, 7) is 4.91. The Balaban J connectivity index is 1.46. The maximum atomic E-state index is 10.4. The smallest absolute Gasteiger partial charge is 0.142 e. The van der Waals surface area contributed by atoms with Gasteiger partial charge in [-0.25, -0.2) is 0 Å². The molecule has 1 unspecified atom stereocenters. The number of nitrogens with zero attached hydrogens (tertiary/aromatic N) is 2. The number of rotatable bonds is 8. The number of hydrogen-bond acceptors (Lipinski definition) is 6. The van der Waals surface area contributed by atoms with E-state index in [9.17, 15) is 5.11 Å². The first-order valence-electron chi connectivity index (χ1n) is 9.40. The molecule has 0 saturated carbocycles. The van der Waals surface area contributed by atoms with Gasteiger partial charge in [0.2, 0.25) is 0 Å². The maximum absolute atomic E-state index is 10.4. The van der Waals surface area contributed by atoms with Gasteiger partial charge in [-0.2, -0.15) is 0 Å². The van der Waals surface area contributed by atoms with E-state index < -0.39 is 6.10 Å². The van der Waals surface area contributed by atoms with Crippen LogP contribution < -0.4 is 20.1 Å². The standard InChI is InChI=1S/C21H29N3O3/c1-26-21-9-5-3-7-19(21)24-12-10-23(11-13-24)15-18(25)16-27-20-8-4-2-6-17(20)14-22/h2-9,18,25H,10-16,22H2,1H3. The van der Waals surface area contributed by atoms with Gasteiger partial charge in [0.15, 0.2) is 0 Å². The van der Waals surface area contributed by atoms with E-state index in [1.54, 1.807) is 7.11 Å². The van der Waals surface area contributed by atoms with Crippen LogP contribution in [0.3, 0.4) is 0 Å². The predicted octanol–water partition coefficient (Wildman–Crippen LogP) is 1.72. The Morgan fingerprint density at radius 2 is 1.67 bits per heavy atom. The molecule has 1 heterocycles. The molecule has 1 saturated heterocycles. The molecule has 1 aliphatic rings. The molecule has 1 fully saturated rings. The number of benzene rings is 2. The van der Waals surface area contributed by atoms with E-state index in [1.165, 1.54) is 0 Å². The quantitative estimate of drug-likeness (QED) is 0.736. The van der Waals surface area contributed by atoms with Crippen LogP contribution in [0.4, 0.5) is 5.69 Å². The summed E-state index contributed by atoms with van der Waals surface area (Å²) in [7, 11) is 1.70. The molecule has 0 aliphatic carbocycles. The first-order chi connectivity index (χ1) is 13.2. The molecule has 3 N–H and O–H groups in total. The van der Waals surface area contributed by atoms with Gasteiger partial charge >= 0.3 is 0 Å². The van der Waals surface area contributed by atoms with Crippen LogP contribution in [-0.4, -0.2) is 62.6 Å². The number of anilines is 1. The van der Waals surface area contributed by atoms with E-state index in [-0.39, 0.29) is 6.61 Å². The topological polar surface area (TPSA) is 71.2 Å². The SMILES string of the molecule is COc1ccccc1N1CCN(CC(O)COc2ccccc2CN)CC1. The summed E-state index contributed by atoms with van der Waals surface area (Å²) >= 11 is 0. The number of piperazine rings is 1. The Morgan fingerprint density at radius 3 is 2.37 bits per heavy atom. The minimum Gasteiger partial charge on any atom is -0.495 e. The minimum atomic E-state index is -0.534. The summed E-state index contributed by atoms with van der Waals surface area (Å²) in [6.07, 6.45) is -0.534. The fourth-order valence-electron chi connectivity index (χ4n) is 3.41. The number of β-amino-alcohol motifs (C(OH)–C–C–N with tert-alkyl or cyclic N) is 1. The van der Waals surface area contributed by atoms with Crippen LogP contribution in [0.2, 0.25) is 0 Å². The van der Waals surface area contributed by atoms with E-state index in [2.05, 4.69) is 15.9 Å². The molecule has 0 spiro atoms. The van der Waals surface area contributed by atoms with Crippen molar-refractivity contribution in [1.82, 2.24) is 4.90 Å². The molecule has 1 atom stereocenters. The van der Waals surface area contributed by atoms with Gasteiger partial charge in [-0.15, -0.1) is 0 Å². The van der Waals surface area contributed by atoms with Gasteiger partial charge in [0.25, 0.3) is 0 Å². The third kappa shape index (κ3) is 5.13. The van der Waals surface area contributed by atoms with Crippen molar-refractivity contribution < 1.29 is 14.6 Å². The minimum absolute atomic E-state index is 0.268. The Hall–Kier alpha value is -2.28. The maximum Gasteiger partial charge on any atom is 0.142 e. The molecule has 146 valence electrons. The zero-order valence-electron chi connectivity index (χ0n) is 15.9. The zero-order chi connectivity index (χ0) is 19.1. The van der Waals surface area contributed by atoms with Gasteiger partial charge in [-0.1, -0.05) is 30.3 Å². The highest BCUT2D eigenvalue weighted by atomic mass is 16.5. The van der Waals surface area contributed by atoms with Crippen LogP contribution in [0.1, 0.15) is 5.56 Å². The molecule has 0 bridgehead atoms. The van der Waals surface area contributed by atoms with Gasteiger partial charge < -0.3 is 25.2 Å². The molecule has 0 radical (unpaired) electrons. The van der Waals surface area contributed by atoms with Gasteiger partial charge in [-0.05, 0) is 18.2 Å². The molecular weight excluding hydrogens is 342 g/mol. The molecule has 2 aromatic carbocycles. The number of methoxy groups -OCH3 is 1. The first-order valence-corrected chi connectivity index (χ1v) is 9.40. The Morgan fingerprint density at radius 1 is 1.00 bits per heavy atom. The number of para-hydroxylation sites is 3. The third-order valence-corrected chi connectivity index (χ3v) is 4.89. The Bertz CT molecular complexity index is 717. The second-order valence-corrected chi connectivity index (χ2v) is 6.74. The Kier molecular flexibility index (Phi) is 6.92. The lowest BCUT2D eigenvalue weighted by atomic mass is 10.2. The predicted molar refractivity (Wildman–Crippen MR) is 107 cm³/mol. The van der Waals surface area contributed by atoms with Crippen LogP contribution in [0, 0.1) is 0 Å². The summed E-state index contributed by atoms with van der Waals surface area (Å²) in [5.74, 6) is 1.65. The number of nitrogens with two attached hydrogens (primary N) is 1. The summed E-state index contributed by atoms with van der Waals surface area (Å²) in [5, 5.41) is 10.4. The summed E-state index contributed by atoms with van der Waals surface area (Å²) < 4.78 is 11.2. The van der Waals surface area contributed by atoms with Crippen molar-refractivity contribution >= 4 is 5.69 Å². The second kappa shape index (κ2) is 9.60. The number of aliphatic hydroxyl groups excluding tert-OH is 1. The lowest BCUT2D eigenvalue weighted by Gasteiger charge is -2.37. The average Bonchev–Trinajstić information content (AvgIpc) is 2.73. The van der Waals surface area contributed by atoms with E-state index in [0.717, 1.165) is 48.9 Å². The molecule has 1 aliphatic heterocycles. The highest BCUT2D eigenvalue weighted by Gasteiger charge is 2.21. The zero-order valence-corrected chi connectivity index (χ0v) is 15.9. The summed E-state index contributed by atoms with van der Waals surface area (Å²) in [5.41, 5.74) is 7.80. The molecule has 0 aromatic heterocycles. The number of aliphatic hydroxyl groups is 1. The van der Waals surface area contributed by atoms with E-state index in [1.807, 2.05) is 42.5 Å². The molecule has 0 amide bonds. The average molecular weight is 371 g/mol. The lowest BCUT2D eigenvalue weighted by Crippen LogP contribution is -2.49. The van der Waals surface area contributed by atoms with E-state index in [4.69, 9.17) is 15.2 Å². The van der Waals surface area contributed by atoms with Crippen LogP contribution in [0.15, 0.2) is 48.5 Å². The van der Waals surface area contributed by atoms with Crippen molar-refractivity contribution in [2.45, 2.75) is 12.6 Å². The van der Waals surface area contributed by atoms with Crippen LogP contribution in [0.5, 0.6) is 11.5 Å². The molecule has 6 heteroatoms. The third-order valence-electron chi connectivity index (χ3n) is 4.89. The highest BCUT2D eigenvalue weighted by molar-refractivity contribution is 5.58. The van der Waals surface area contributed by atoms with Crippen LogP contribution in [0.25, 0.3) is 0 Å². The monoisotopic (exact) mass is 371 g/mol. The normalized spacial score (nSPS) is 16.2. The molecular formula is C21H29N3O3. The van der Waals surface area contributed by atoms with Crippen molar-refractivity contribution in [2.24, 2.45) is 5.73 Å². The molecule has 27 heavy (non-hydrogen) atoms. The molecule has 3 rings (SSSR count). The second-order valence-electron chi connectivity index (χ2n) is 6.74. The summed E-state index contributed by atoms with van der Waals surface area (Å²) in [4.78, 5) is 4.60. The van der Waals surface area contributed by atoms with Crippen molar-refractivity contribution in [3.05, 3.63) is 54.1 Å². The number of hydrogen-bond donors (Lipinski definition) is 2. The largest absolute Gasteiger partial charge is 0.495 e. The molecule has 6 nitrogen and oxygen atoms in total. The first kappa shape index (κ1) is 19.5. The van der Waals surface area contributed by atoms with Gasteiger partial charge in [0, 0.05) is 44.8 Å². The van der Waals surface area contributed by atoms with Crippen LogP contribution >= 0.6 is 0 Å². The Labute approximate surface area is 161 Å². The van der Waals surface area contributed by atoms with Gasteiger partial charge in [0.1, 0.15) is 24.2 Å². The van der Waals surface area contributed by atoms with Crippen molar-refractivity contribution in [2.75, 3.05) is 51.3 Å². The number of ether oxygens (including phenoxy) is 2. The molecule has 2 aromatic rings. The van der Waals surface area contributed by atoms with Crippen molar-refractivity contribution in [1.29, 1.82) is 0 Å². The fourth-order valence-corrected chi connectivity index (χ4v) is 3.41. The van der Waals surface area contributed by atoms with E-state index in [0.29, 0.717) is 13.1 Å². The summed E-state index contributed by atoms with van der Waals surface area (Å²) in [6, 6.07) is 15.8. The van der Waals surface area contributed by atoms with Gasteiger partial charge in [0.05, 0.1) is 12.8 Å².